The molecule has 2 atom stereocenters. The second-order valence-electron chi connectivity index (χ2n) is 6.94. The zero-order valence-electron chi connectivity index (χ0n) is 14.5. The molecule has 2 saturated heterocycles. The van der Waals surface area contributed by atoms with E-state index in [2.05, 4.69) is 21.7 Å². The van der Waals surface area contributed by atoms with E-state index in [-0.39, 0.29) is 17.8 Å². The predicted octanol–water partition coefficient (Wildman–Crippen LogP) is 2.37. The van der Waals surface area contributed by atoms with Gasteiger partial charge in [0.25, 0.3) is 0 Å². The van der Waals surface area contributed by atoms with Gasteiger partial charge in [-0.05, 0) is 48.7 Å². The third kappa shape index (κ3) is 3.35. The summed E-state index contributed by atoms with van der Waals surface area (Å²) in [5, 5.41) is 4.28. The normalized spacial score (nSPS) is 27.6. The quantitative estimate of drug-likeness (QED) is 0.783. The van der Waals surface area contributed by atoms with Gasteiger partial charge in [0.15, 0.2) is 0 Å². The van der Waals surface area contributed by atoms with Gasteiger partial charge in [0.2, 0.25) is 5.91 Å². The highest BCUT2D eigenvalue weighted by Crippen LogP contribution is 2.44. The minimum Gasteiger partial charge on any atom is -0.466 e. The van der Waals surface area contributed by atoms with Crippen LogP contribution in [0.15, 0.2) is 16.8 Å². The number of hydrogen-bond acceptors (Lipinski definition) is 5. The molecule has 0 bridgehead atoms. The van der Waals surface area contributed by atoms with E-state index in [1.165, 1.54) is 5.56 Å². The summed E-state index contributed by atoms with van der Waals surface area (Å²) in [4.78, 5) is 28.9. The number of nitrogens with zero attached hydrogens (tertiary/aromatic N) is 2. The molecule has 0 unspecified atom stereocenters. The van der Waals surface area contributed by atoms with Crippen LogP contribution in [0.2, 0.25) is 0 Å². The maximum absolute atomic E-state index is 12.8. The number of amides is 1. The van der Waals surface area contributed by atoms with Crippen LogP contribution in [0.25, 0.3) is 0 Å². The molecule has 1 aromatic heterocycles. The van der Waals surface area contributed by atoms with E-state index in [9.17, 15) is 9.59 Å². The fraction of sp³-hybridized carbons (Fsp3) is 0.667. The first-order chi connectivity index (χ1) is 11.5. The number of esters is 1. The molecule has 0 saturated carbocycles. The lowest BCUT2D eigenvalue weighted by atomic mass is 9.75. The highest BCUT2D eigenvalue weighted by molar-refractivity contribution is 7.07. The van der Waals surface area contributed by atoms with Gasteiger partial charge < -0.3 is 9.64 Å². The molecule has 5 nitrogen and oxygen atoms in total. The largest absolute Gasteiger partial charge is 0.466 e. The zero-order chi connectivity index (χ0) is 17.2. The number of ether oxygens (including phenoxy) is 1. The summed E-state index contributed by atoms with van der Waals surface area (Å²) in [6.07, 6.45) is 1.77. The second kappa shape index (κ2) is 7.23. The summed E-state index contributed by atoms with van der Waals surface area (Å²) < 4.78 is 5.42. The molecule has 0 radical (unpaired) electrons. The predicted molar refractivity (Wildman–Crippen MR) is 93.6 cm³/mol. The van der Waals surface area contributed by atoms with E-state index < -0.39 is 5.41 Å². The van der Waals surface area contributed by atoms with Crippen LogP contribution >= 0.6 is 11.3 Å². The van der Waals surface area contributed by atoms with Crippen LogP contribution in [0.3, 0.4) is 0 Å². The molecule has 3 heterocycles. The van der Waals surface area contributed by atoms with Crippen LogP contribution in [0.5, 0.6) is 0 Å². The molecule has 2 aliphatic heterocycles. The van der Waals surface area contributed by atoms with Gasteiger partial charge in [-0.1, -0.05) is 0 Å². The van der Waals surface area contributed by atoms with Crippen molar-refractivity contribution in [2.75, 3.05) is 32.8 Å². The lowest BCUT2D eigenvalue weighted by molar-refractivity contribution is -0.157. The minimum atomic E-state index is -0.523. The Balaban J connectivity index is 1.80. The number of carbonyl (C=O) groups excluding carboxylic acids is 2. The first-order valence-corrected chi connectivity index (χ1v) is 9.65. The molecule has 6 heteroatoms. The molecule has 132 valence electrons. The third-order valence-corrected chi connectivity index (χ3v) is 6.12. The molecule has 1 amide bonds. The van der Waals surface area contributed by atoms with E-state index in [0.29, 0.717) is 19.7 Å². The van der Waals surface area contributed by atoms with Gasteiger partial charge >= 0.3 is 5.97 Å². The Bertz CT molecular complexity index is 589. The van der Waals surface area contributed by atoms with Crippen molar-refractivity contribution in [2.45, 2.75) is 33.2 Å². The highest BCUT2D eigenvalue weighted by Gasteiger charge is 2.54. The number of hydrogen-bond donors (Lipinski definition) is 0. The van der Waals surface area contributed by atoms with Gasteiger partial charge in [-0.25, -0.2) is 0 Å². The Labute approximate surface area is 147 Å². The number of likely N-dealkylation sites (tertiary alicyclic amines) is 2. The molecule has 2 fully saturated rings. The second-order valence-corrected chi connectivity index (χ2v) is 7.72. The molecule has 0 aromatic carbocycles. The summed E-state index contributed by atoms with van der Waals surface area (Å²) in [5.41, 5.74) is 0.801. The third-order valence-electron chi connectivity index (χ3n) is 5.38. The summed E-state index contributed by atoms with van der Waals surface area (Å²) in [5.74, 6) is 0.0915. The lowest BCUT2D eigenvalue weighted by Crippen LogP contribution is -2.42. The fourth-order valence-electron chi connectivity index (χ4n) is 4.14. The van der Waals surface area contributed by atoms with Crippen molar-refractivity contribution in [3.63, 3.8) is 0 Å². The van der Waals surface area contributed by atoms with Gasteiger partial charge in [0.05, 0.1) is 12.0 Å². The van der Waals surface area contributed by atoms with E-state index in [1.807, 2.05) is 11.8 Å². The molecule has 1 aromatic rings. The number of rotatable bonds is 4. The van der Waals surface area contributed by atoms with Crippen LogP contribution in [0, 0.1) is 11.3 Å². The van der Waals surface area contributed by atoms with E-state index in [4.69, 9.17) is 4.74 Å². The van der Waals surface area contributed by atoms with Crippen molar-refractivity contribution in [2.24, 2.45) is 11.3 Å². The minimum absolute atomic E-state index is 0.0520. The molecule has 0 N–H and O–H groups in total. The van der Waals surface area contributed by atoms with Gasteiger partial charge in [0, 0.05) is 39.0 Å². The van der Waals surface area contributed by atoms with Gasteiger partial charge in [-0.2, -0.15) is 11.3 Å². The number of carbonyl (C=O) groups is 2. The Morgan fingerprint density at radius 2 is 2.25 bits per heavy atom. The van der Waals surface area contributed by atoms with Crippen molar-refractivity contribution in [3.05, 3.63) is 22.4 Å². The lowest BCUT2D eigenvalue weighted by Gasteiger charge is -2.31. The average Bonchev–Trinajstić information content (AvgIpc) is 3.13. The molecule has 3 rings (SSSR count). The maximum atomic E-state index is 12.8. The average molecular weight is 350 g/mol. The monoisotopic (exact) mass is 350 g/mol. The molecular weight excluding hydrogens is 324 g/mol. The molecule has 24 heavy (non-hydrogen) atoms. The van der Waals surface area contributed by atoms with Crippen LogP contribution in [-0.2, 0) is 20.9 Å². The van der Waals surface area contributed by atoms with Crippen molar-refractivity contribution in [1.82, 2.24) is 9.80 Å². The van der Waals surface area contributed by atoms with Crippen molar-refractivity contribution < 1.29 is 14.3 Å². The number of fused-ring (bicyclic) bond motifs is 1. The van der Waals surface area contributed by atoms with Crippen LogP contribution in [0.1, 0.15) is 32.3 Å². The number of thiophene rings is 1. The SMILES string of the molecule is CCOC(=O)[C@]12CCCN(Cc3ccsc3)C[C@H]1CN(C(C)=O)C2. The highest BCUT2D eigenvalue weighted by atomic mass is 32.1. The van der Waals surface area contributed by atoms with Crippen molar-refractivity contribution in [3.8, 4) is 0 Å². The van der Waals surface area contributed by atoms with Crippen molar-refractivity contribution in [1.29, 1.82) is 0 Å². The van der Waals surface area contributed by atoms with E-state index in [1.54, 1.807) is 18.3 Å². The summed E-state index contributed by atoms with van der Waals surface area (Å²) >= 11 is 1.71. The van der Waals surface area contributed by atoms with Gasteiger partial charge in [0.1, 0.15) is 0 Å². The Morgan fingerprint density at radius 3 is 2.92 bits per heavy atom. The molecular formula is C18H26N2O3S. The molecule has 0 spiro atoms. The van der Waals surface area contributed by atoms with E-state index >= 15 is 0 Å². The summed E-state index contributed by atoms with van der Waals surface area (Å²) in [7, 11) is 0. The first-order valence-electron chi connectivity index (χ1n) is 8.71. The molecule has 2 aliphatic rings. The Kier molecular flexibility index (Phi) is 5.25. The van der Waals surface area contributed by atoms with Gasteiger partial charge in [-0.15, -0.1) is 0 Å². The summed E-state index contributed by atoms with van der Waals surface area (Å²) in [6.45, 7) is 7.76. The van der Waals surface area contributed by atoms with Gasteiger partial charge in [-0.3, -0.25) is 14.5 Å². The van der Waals surface area contributed by atoms with Crippen LogP contribution < -0.4 is 0 Å². The Hall–Kier alpha value is -1.40. The standard InChI is InChI=1S/C18H26N2O3S/c1-3-23-17(22)18-6-4-7-19(9-15-5-8-24-12-15)10-16(18)11-20(13-18)14(2)21/h5,8,12,16H,3-4,6-7,9-11,13H2,1-2H3/t16-,18-/m0/s1. The maximum Gasteiger partial charge on any atom is 0.314 e. The van der Waals surface area contributed by atoms with Crippen molar-refractivity contribution >= 4 is 23.2 Å². The van der Waals surface area contributed by atoms with E-state index in [0.717, 1.165) is 32.5 Å². The first kappa shape index (κ1) is 17.4. The fourth-order valence-corrected chi connectivity index (χ4v) is 4.80. The smallest absolute Gasteiger partial charge is 0.314 e. The van der Waals surface area contributed by atoms with Crippen LogP contribution in [-0.4, -0.2) is 54.5 Å². The topological polar surface area (TPSA) is 49.9 Å². The Morgan fingerprint density at radius 1 is 1.42 bits per heavy atom. The summed E-state index contributed by atoms with van der Waals surface area (Å²) in [6, 6.07) is 2.16. The molecule has 0 aliphatic carbocycles. The van der Waals surface area contributed by atoms with Crippen LogP contribution in [0.4, 0.5) is 0 Å². The zero-order valence-corrected chi connectivity index (χ0v) is 15.3.